The second kappa shape index (κ2) is 5.34. The van der Waals surface area contributed by atoms with Gasteiger partial charge in [-0.3, -0.25) is 0 Å². The number of benzene rings is 1. The largest absolute Gasteiger partial charge is 0.430 e. The SMILES string of the molecule is O=S(O)Cc1ccc(C(O)(C(F)(F)F)C(F)(F)F)cc1. The van der Waals surface area contributed by atoms with Crippen LogP contribution in [-0.4, -0.2) is 26.2 Å². The van der Waals surface area contributed by atoms with Gasteiger partial charge in [-0.2, -0.15) is 26.3 Å². The van der Waals surface area contributed by atoms with Crippen molar-refractivity contribution in [2.45, 2.75) is 23.7 Å². The van der Waals surface area contributed by atoms with Gasteiger partial charge in [0.05, 0.1) is 5.75 Å². The van der Waals surface area contributed by atoms with E-state index in [-0.39, 0.29) is 5.56 Å². The van der Waals surface area contributed by atoms with Crippen LogP contribution in [0.15, 0.2) is 24.3 Å². The Morgan fingerprint density at radius 1 is 0.950 bits per heavy atom. The van der Waals surface area contributed by atoms with Crippen molar-refractivity contribution in [1.29, 1.82) is 0 Å². The maximum Gasteiger partial charge on any atom is 0.430 e. The van der Waals surface area contributed by atoms with E-state index in [4.69, 9.17) is 9.66 Å². The number of hydrogen-bond acceptors (Lipinski definition) is 2. The molecule has 0 amide bonds. The van der Waals surface area contributed by atoms with Crippen LogP contribution in [-0.2, 0) is 22.4 Å². The van der Waals surface area contributed by atoms with Crippen molar-refractivity contribution in [3.8, 4) is 0 Å². The standard InChI is InChI=1S/C10H8F6O3S/c11-9(12,13)8(17,10(14,15)16)7-3-1-6(2-4-7)5-20(18)19/h1-4,17H,5H2,(H,18,19). The summed E-state index contributed by atoms with van der Waals surface area (Å²) in [5, 5.41) is 9.07. The average Bonchev–Trinajstić information content (AvgIpc) is 2.25. The van der Waals surface area contributed by atoms with Gasteiger partial charge in [-0.25, -0.2) is 4.21 Å². The van der Waals surface area contributed by atoms with E-state index in [1.807, 2.05) is 0 Å². The third kappa shape index (κ3) is 3.13. The molecule has 0 fully saturated rings. The van der Waals surface area contributed by atoms with E-state index in [0.29, 0.717) is 12.1 Å². The van der Waals surface area contributed by atoms with E-state index in [0.717, 1.165) is 12.1 Å². The topological polar surface area (TPSA) is 57.5 Å². The summed E-state index contributed by atoms with van der Waals surface area (Å²) in [6.07, 6.45) is -11.9. The average molecular weight is 322 g/mol. The first-order valence-electron chi connectivity index (χ1n) is 4.92. The molecule has 0 saturated carbocycles. The van der Waals surface area contributed by atoms with Crippen molar-refractivity contribution in [2.24, 2.45) is 0 Å². The summed E-state index contributed by atoms with van der Waals surface area (Å²) in [5.74, 6) is -0.448. The van der Waals surface area contributed by atoms with Gasteiger partial charge >= 0.3 is 12.4 Å². The number of alkyl halides is 6. The maximum absolute atomic E-state index is 12.5. The molecule has 0 bridgehead atoms. The van der Waals surface area contributed by atoms with Crippen LogP contribution in [0.1, 0.15) is 11.1 Å². The molecule has 0 spiro atoms. The van der Waals surface area contributed by atoms with Gasteiger partial charge in [0.2, 0.25) is 0 Å². The van der Waals surface area contributed by atoms with Crippen LogP contribution in [0, 0.1) is 0 Å². The van der Waals surface area contributed by atoms with Crippen LogP contribution in [0.5, 0.6) is 0 Å². The second-order valence-electron chi connectivity index (χ2n) is 3.87. The zero-order valence-electron chi connectivity index (χ0n) is 9.50. The summed E-state index contributed by atoms with van der Waals surface area (Å²) in [6, 6.07) is 2.46. The maximum atomic E-state index is 12.5. The molecule has 114 valence electrons. The quantitative estimate of drug-likeness (QED) is 0.664. The third-order valence-corrected chi connectivity index (χ3v) is 3.06. The molecule has 0 radical (unpaired) electrons. The first-order valence-corrected chi connectivity index (χ1v) is 6.20. The summed E-state index contributed by atoms with van der Waals surface area (Å²) >= 11 is -2.29. The molecular formula is C10H8F6O3S. The van der Waals surface area contributed by atoms with Crippen molar-refractivity contribution in [1.82, 2.24) is 0 Å². The molecule has 0 saturated heterocycles. The molecule has 3 nitrogen and oxygen atoms in total. The zero-order valence-corrected chi connectivity index (χ0v) is 10.3. The Bertz CT molecular complexity index is 479. The van der Waals surface area contributed by atoms with Gasteiger partial charge in [0, 0.05) is 5.56 Å². The van der Waals surface area contributed by atoms with Gasteiger partial charge in [0.15, 0.2) is 11.1 Å². The molecule has 1 unspecified atom stereocenters. The molecule has 1 aromatic rings. The minimum Gasteiger partial charge on any atom is -0.369 e. The van der Waals surface area contributed by atoms with Gasteiger partial charge in [-0.1, -0.05) is 24.3 Å². The van der Waals surface area contributed by atoms with Crippen molar-refractivity contribution in [2.75, 3.05) is 0 Å². The molecule has 1 atom stereocenters. The molecule has 0 aliphatic heterocycles. The molecule has 0 aromatic heterocycles. The van der Waals surface area contributed by atoms with E-state index < -0.39 is 40.4 Å². The summed E-state index contributed by atoms with van der Waals surface area (Å²) < 4.78 is 94.3. The number of halogens is 6. The van der Waals surface area contributed by atoms with Crippen molar-refractivity contribution in [3.05, 3.63) is 35.4 Å². The highest BCUT2D eigenvalue weighted by atomic mass is 32.2. The van der Waals surface area contributed by atoms with Crippen molar-refractivity contribution in [3.63, 3.8) is 0 Å². The summed E-state index contributed by atoms with van der Waals surface area (Å²) in [5.41, 5.74) is -6.34. The lowest BCUT2D eigenvalue weighted by atomic mass is 9.92. The van der Waals surface area contributed by atoms with E-state index in [9.17, 15) is 30.6 Å². The highest BCUT2D eigenvalue weighted by Crippen LogP contribution is 2.49. The predicted octanol–water partition coefficient (Wildman–Crippen LogP) is 2.72. The molecule has 20 heavy (non-hydrogen) atoms. The van der Waals surface area contributed by atoms with Gasteiger partial charge in [0.25, 0.3) is 5.60 Å². The minimum absolute atomic E-state index is 0.0567. The van der Waals surface area contributed by atoms with Crippen LogP contribution < -0.4 is 0 Å². The fourth-order valence-electron chi connectivity index (χ4n) is 1.47. The Labute approximate surface area is 111 Å². The molecular weight excluding hydrogens is 314 g/mol. The molecule has 2 N–H and O–H groups in total. The van der Waals surface area contributed by atoms with Crippen LogP contribution >= 0.6 is 0 Å². The van der Waals surface area contributed by atoms with E-state index in [2.05, 4.69) is 0 Å². The first kappa shape index (κ1) is 16.9. The summed E-state index contributed by atoms with van der Waals surface area (Å²) in [4.78, 5) is 0. The Balaban J connectivity index is 3.27. The van der Waals surface area contributed by atoms with Gasteiger partial charge in [-0.05, 0) is 5.56 Å². The Kier molecular flexibility index (Phi) is 4.52. The zero-order chi connectivity index (χ0) is 15.8. The van der Waals surface area contributed by atoms with Crippen LogP contribution in [0.2, 0.25) is 0 Å². The highest BCUT2D eigenvalue weighted by molar-refractivity contribution is 7.78. The van der Waals surface area contributed by atoms with Crippen LogP contribution in [0.25, 0.3) is 0 Å². The molecule has 10 heteroatoms. The fourth-order valence-corrected chi connectivity index (χ4v) is 1.95. The smallest absolute Gasteiger partial charge is 0.369 e. The van der Waals surface area contributed by atoms with E-state index in [1.54, 1.807) is 0 Å². The number of hydrogen-bond donors (Lipinski definition) is 2. The molecule has 0 aliphatic rings. The van der Waals surface area contributed by atoms with Gasteiger partial charge in [0.1, 0.15) is 0 Å². The van der Waals surface area contributed by atoms with E-state index in [1.165, 1.54) is 0 Å². The van der Waals surface area contributed by atoms with Crippen molar-refractivity contribution < 1.29 is 40.2 Å². The second-order valence-corrected chi connectivity index (χ2v) is 4.80. The number of rotatable bonds is 3. The minimum atomic E-state index is -5.95. The Morgan fingerprint density at radius 3 is 1.65 bits per heavy atom. The molecule has 0 heterocycles. The molecule has 1 rings (SSSR count). The Morgan fingerprint density at radius 2 is 1.35 bits per heavy atom. The predicted molar refractivity (Wildman–Crippen MR) is 56.9 cm³/mol. The monoisotopic (exact) mass is 322 g/mol. The fraction of sp³-hybridized carbons (Fsp3) is 0.400. The summed E-state index contributed by atoms with van der Waals surface area (Å²) in [6.45, 7) is 0. The molecule has 0 aliphatic carbocycles. The Hall–Kier alpha value is -1.13. The number of aliphatic hydroxyl groups is 1. The lowest BCUT2D eigenvalue weighted by Gasteiger charge is -2.32. The van der Waals surface area contributed by atoms with Crippen molar-refractivity contribution >= 4 is 11.1 Å². The van der Waals surface area contributed by atoms with Crippen LogP contribution in [0.3, 0.4) is 0 Å². The van der Waals surface area contributed by atoms with Crippen LogP contribution in [0.4, 0.5) is 26.3 Å². The lowest BCUT2D eigenvalue weighted by molar-refractivity contribution is -0.376. The summed E-state index contributed by atoms with van der Waals surface area (Å²) in [7, 11) is 0. The van der Waals surface area contributed by atoms with Gasteiger partial charge < -0.3 is 9.66 Å². The first-order chi connectivity index (χ1) is 8.89. The van der Waals surface area contributed by atoms with Gasteiger partial charge in [-0.15, -0.1) is 0 Å². The lowest BCUT2D eigenvalue weighted by Crippen LogP contribution is -2.53. The molecule has 1 aromatic carbocycles. The highest BCUT2D eigenvalue weighted by Gasteiger charge is 2.71. The third-order valence-electron chi connectivity index (χ3n) is 2.48. The van der Waals surface area contributed by atoms with E-state index >= 15 is 0 Å². The normalized spacial score (nSPS) is 15.2.